The molecule has 4 saturated carbocycles. The van der Waals surface area contributed by atoms with Crippen LogP contribution in [-0.2, 0) is 6.42 Å². The van der Waals surface area contributed by atoms with E-state index in [1.54, 1.807) is 38.5 Å². The zero-order valence-corrected chi connectivity index (χ0v) is 13.4. The van der Waals surface area contributed by atoms with Gasteiger partial charge in [-0.3, -0.25) is 0 Å². The van der Waals surface area contributed by atoms with Crippen molar-refractivity contribution in [3.05, 3.63) is 18.2 Å². The summed E-state index contributed by atoms with van der Waals surface area (Å²) in [5.41, 5.74) is 0.730. The van der Waals surface area contributed by atoms with Gasteiger partial charge < -0.3 is 9.88 Å². The molecule has 0 spiro atoms. The molecular formula is C18H29N3. The van der Waals surface area contributed by atoms with Crippen LogP contribution in [0.2, 0.25) is 0 Å². The first-order chi connectivity index (χ1) is 10.2. The Balaban J connectivity index is 1.28. The Morgan fingerprint density at radius 3 is 2.38 bits per heavy atom. The van der Waals surface area contributed by atoms with Crippen LogP contribution in [-0.4, -0.2) is 35.0 Å². The van der Waals surface area contributed by atoms with E-state index >= 15 is 0 Å². The Morgan fingerprint density at radius 2 is 1.81 bits per heavy atom. The highest BCUT2D eigenvalue weighted by Gasteiger charge is 2.50. The molecule has 1 heterocycles. The largest absolute Gasteiger partial charge is 0.349 e. The molecule has 0 aliphatic heterocycles. The third kappa shape index (κ3) is 2.90. The SMILES string of the molecule is CN(CCc1ncc[nH]1)CCC12CC3CC(CC(C3)C1)C2. The van der Waals surface area contributed by atoms with Gasteiger partial charge in [0.1, 0.15) is 5.82 Å². The van der Waals surface area contributed by atoms with E-state index in [4.69, 9.17) is 0 Å². The maximum Gasteiger partial charge on any atom is 0.107 e. The maximum atomic E-state index is 4.32. The smallest absolute Gasteiger partial charge is 0.107 e. The molecule has 5 rings (SSSR count). The van der Waals surface area contributed by atoms with Gasteiger partial charge in [0, 0.05) is 25.4 Å². The van der Waals surface area contributed by atoms with Gasteiger partial charge in [-0.25, -0.2) is 4.98 Å². The van der Waals surface area contributed by atoms with Crippen molar-refractivity contribution in [2.24, 2.45) is 23.2 Å². The summed E-state index contributed by atoms with van der Waals surface area (Å²) in [5.74, 6) is 4.38. The lowest BCUT2D eigenvalue weighted by Gasteiger charge is -2.57. The lowest BCUT2D eigenvalue weighted by atomic mass is 9.49. The number of rotatable bonds is 6. The summed E-state index contributed by atoms with van der Waals surface area (Å²) in [4.78, 5) is 10.0. The molecule has 4 aliphatic rings. The van der Waals surface area contributed by atoms with Crippen LogP contribution in [0, 0.1) is 23.2 Å². The van der Waals surface area contributed by atoms with Gasteiger partial charge >= 0.3 is 0 Å². The number of imidazole rings is 1. The minimum Gasteiger partial charge on any atom is -0.349 e. The van der Waals surface area contributed by atoms with Crippen LogP contribution in [0.5, 0.6) is 0 Å². The molecule has 1 N–H and O–H groups in total. The molecule has 4 fully saturated rings. The van der Waals surface area contributed by atoms with Crippen LogP contribution in [0.15, 0.2) is 12.4 Å². The van der Waals surface area contributed by atoms with Gasteiger partial charge in [-0.2, -0.15) is 0 Å². The van der Waals surface area contributed by atoms with E-state index in [1.165, 1.54) is 13.0 Å². The summed E-state index contributed by atoms with van der Waals surface area (Å²) in [6.45, 7) is 2.40. The molecule has 116 valence electrons. The molecule has 0 saturated heterocycles. The van der Waals surface area contributed by atoms with Crippen LogP contribution >= 0.6 is 0 Å². The number of nitrogens with one attached hydrogen (secondary N) is 1. The van der Waals surface area contributed by atoms with Crippen LogP contribution in [0.1, 0.15) is 50.8 Å². The zero-order valence-electron chi connectivity index (χ0n) is 13.4. The van der Waals surface area contributed by atoms with Crippen molar-refractivity contribution >= 4 is 0 Å². The van der Waals surface area contributed by atoms with Crippen LogP contribution in [0.25, 0.3) is 0 Å². The summed E-state index contributed by atoms with van der Waals surface area (Å²) in [5, 5.41) is 0. The van der Waals surface area contributed by atoms with E-state index < -0.39 is 0 Å². The van der Waals surface area contributed by atoms with E-state index in [2.05, 4.69) is 21.9 Å². The molecule has 21 heavy (non-hydrogen) atoms. The first-order valence-electron chi connectivity index (χ1n) is 8.88. The Hall–Kier alpha value is -0.830. The van der Waals surface area contributed by atoms with Crippen LogP contribution in [0.3, 0.4) is 0 Å². The average molecular weight is 287 g/mol. The highest BCUT2D eigenvalue weighted by Crippen LogP contribution is 2.61. The molecule has 3 heteroatoms. The summed E-state index contributed by atoms with van der Waals surface area (Å²) in [7, 11) is 2.28. The van der Waals surface area contributed by atoms with Crippen molar-refractivity contribution in [1.82, 2.24) is 14.9 Å². The van der Waals surface area contributed by atoms with Crippen molar-refractivity contribution < 1.29 is 0 Å². The van der Waals surface area contributed by atoms with Gasteiger partial charge in [0.15, 0.2) is 0 Å². The fourth-order valence-electron chi connectivity index (χ4n) is 5.87. The van der Waals surface area contributed by atoms with Gasteiger partial charge in [-0.1, -0.05) is 0 Å². The number of likely N-dealkylation sites (N-methyl/N-ethyl adjacent to an activating group) is 1. The van der Waals surface area contributed by atoms with Gasteiger partial charge in [-0.05, 0) is 81.7 Å². The number of hydrogen-bond donors (Lipinski definition) is 1. The standard InChI is InChI=1S/C18H29N3/c1-21(6-2-17-19-4-5-20-17)7-3-18-11-14-8-15(12-18)10-16(9-14)13-18/h4-5,14-16H,2-3,6-13H2,1H3,(H,19,20). The third-order valence-electron chi connectivity index (χ3n) is 6.47. The molecule has 1 aromatic heterocycles. The molecular weight excluding hydrogens is 258 g/mol. The van der Waals surface area contributed by atoms with E-state index in [0.29, 0.717) is 0 Å². The van der Waals surface area contributed by atoms with Crippen LogP contribution in [0.4, 0.5) is 0 Å². The molecule has 0 amide bonds. The summed E-state index contributed by atoms with van der Waals surface area (Å²) in [6, 6.07) is 0. The quantitative estimate of drug-likeness (QED) is 0.868. The normalized spacial score (nSPS) is 37.5. The molecule has 0 aromatic carbocycles. The number of aromatic nitrogens is 2. The predicted molar refractivity (Wildman–Crippen MR) is 85.0 cm³/mol. The topological polar surface area (TPSA) is 31.9 Å². The van der Waals surface area contributed by atoms with Gasteiger partial charge in [0.2, 0.25) is 0 Å². The van der Waals surface area contributed by atoms with E-state index in [-0.39, 0.29) is 0 Å². The van der Waals surface area contributed by atoms with Crippen molar-refractivity contribution in [2.75, 3.05) is 20.1 Å². The average Bonchev–Trinajstić information content (AvgIpc) is 2.95. The van der Waals surface area contributed by atoms with E-state index in [0.717, 1.165) is 42.0 Å². The summed E-state index contributed by atoms with van der Waals surface area (Å²) < 4.78 is 0. The number of H-pyrrole nitrogens is 1. The Labute approximate surface area is 128 Å². The van der Waals surface area contributed by atoms with Gasteiger partial charge in [0.05, 0.1) is 0 Å². The number of aromatic amines is 1. The maximum absolute atomic E-state index is 4.32. The summed E-state index contributed by atoms with van der Waals surface area (Å²) >= 11 is 0. The van der Waals surface area contributed by atoms with Crippen molar-refractivity contribution in [3.63, 3.8) is 0 Å². The van der Waals surface area contributed by atoms with Gasteiger partial charge in [0.25, 0.3) is 0 Å². The fourth-order valence-corrected chi connectivity index (χ4v) is 5.87. The Bertz CT molecular complexity index is 430. The molecule has 4 bridgehead atoms. The highest BCUT2D eigenvalue weighted by molar-refractivity contribution is 5.01. The van der Waals surface area contributed by atoms with Crippen molar-refractivity contribution in [1.29, 1.82) is 0 Å². The molecule has 0 radical (unpaired) electrons. The van der Waals surface area contributed by atoms with Gasteiger partial charge in [-0.15, -0.1) is 0 Å². The zero-order chi connectivity index (χ0) is 14.3. The minimum atomic E-state index is 0.730. The van der Waals surface area contributed by atoms with E-state index in [1.807, 2.05) is 12.4 Å². The van der Waals surface area contributed by atoms with Crippen LogP contribution < -0.4 is 0 Å². The molecule has 1 aromatic rings. The Kier molecular flexibility index (Phi) is 3.56. The lowest BCUT2D eigenvalue weighted by Crippen LogP contribution is -2.47. The third-order valence-corrected chi connectivity index (χ3v) is 6.47. The lowest BCUT2D eigenvalue weighted by molar-refractivity contribution is -0.0602. The monoisotopic (exact) mass is 287 g/mol. The van der Waals surface area contributed by atoms with E-state index in [9.17, 15) is 0 Å². The molecule has 3 nitrogen and oxygen atoms in total. The number of nitrogens with zero attached hydrogens (tertiary/aromatic N) is 2. The predicted octanol–water partition coefficient (Wildman–Crippen LogP) is 3.49. The Morgan fingerprint density at radius 1 is 1.14 bits per heavy atom. The second-order valence-electron chi connectivity index (χ2n) is 8.26. The molecule has 4 aliphatic carbocycles. The molecule has 0 atom stereocenters. The first-order valence-corrected chi connectivity index (χ1v) is 8.88. The van der Waals surface area contributed by atoms with Crippen molar-refractivity contribution in [3.8, 4) is 0 Å². The first kappa shape index (κ1) is 13.8. The number of hydrogen-bond acceptors (Lipinski definition) is 2. The highest BCUT2D eigenvalue weighted by atomic mass is 15.1. The summed E-state index contributed by atoms with van der Waals surface area (Å²) in [6.07, 6.45) is 15.6. The fraction of sp³-hybridized carbons (Fsp3) is 0.833. The van der Waals surface area contributed by atoms with Crippen molar-refractivity contribution in [2.45, 2.75) is 51.4 Å². The molecule has 0 unspecified atom stereocenters. The second-order valence-corrected chi connectivity index (χ2v) is 8.26. The second kappa shape index (κ2) is 5.42. The minimum absolute atomic E-state index is 0.730.